The molecule has 0 saturated heterocycles. The normalized spacial score (nSPS) is 20.2. The van der Waals surface area contributed by atoms with E-state index in [0.29, 0.717) is 11.3 Å². The second-order valence-corrected chi connectivity index (χ2v) is 4.03. The molecule has 76 valence electrons. The van der Waals surface area contributed by atoms with Crippen molar-refractivity contribution in [3.05, 3.63) is 35.4 Å². The van der Waals surface area contributed by atoms with Crippen LogP contribution in [0.4, 0.5) is 0 Å². The molecule has 0 bridgehead atoms. The van der Waals surface area contributed by atoms with Crippen LogP contribution in [-0.4, -0.2) is 5.78 Å². The van der Waals surface area contributed by atoms with E-state index in [1.807, 2.05) is 24.3 Å². The third-order valence-electron chi connectivity index (χ3n) is 3.04. The number of nitrogens with zero attached hydrogens (tertiary/aromatic N) is 1. The number of nitriles is 1. The number of hydrogen-bond acceptors (Lipinski definition) is 2. The van der Waals surface area contributed by atoms with Gasteiger partial charge in [0, 0.05) is 12.3 Å². The lowest BCUT2D eigenvalue weighted by molar-refractivity contribution is -0.120. The van der Waals surface area contributed by atoms with E-state index in [1.54, 1.807) is 0 Å². The summed E-state index contributed by atoms with van der Waals surface area (Å²) in [6.07, 6.45) is 3.46. The maximum Gasteiger partial charge on any atom is 0.136 e. The molecule has 2 rings (SSSR count). The van der Waals surface area contributed by atoms with Crippen molar-refractivity contribution < 1.29 is 4.79 Å². The van der Waals surface area contributed by atoms with Crippen LogP contribution >= 0.6 is 0 Å². The van der Waals surface area contributed by atoms with Gasteiger partial charge in [0.05, 0.1) is 11.6 Å². The van der Waals surface area contributed by atoms with E-state index in [0.717, 1.165) is 31.2 Å². The summed E-state index contributed by atoms with van der Waals surface area (Å²) in [6.45, 7) is 0. The van der Waals surface area contributed by atoms with Crippen LogP contribution in [0.25, 0.3) is 0 Å². The first kappa shape index (κ1) is 9.92. The number of benzene rings is 1. The third kappa shape index (κ3) is 2.07. The Balaban J connectivity index is 2.17. The number of Topliss-reactive ketones (excluding diaryl/α,β-unsaturated/α-hetero) is 1. The van der Waals surface area contributed by atoms with Crippen LogP contribution in [0.5, 0.6) is 0 Å². The van der Waals surface area contributed by atoms with Crippen molar-refractivity contribution in [1.29, 1.82) is 5.26 Å². The Bertz CT molecular complexity index is 417. The highest BCUT2D eigenvalue weighted by molar-refractivity contribution is 5.83. The van der Waals surface area contributed by atoms with Gasteiger partial charge in [-0.05, 0) is 30.9 Å². The zero-order valence-corrected chi connectivity index (χ0v) is 8.57. The predicted molar refractivity (Wildman–Crippen MR) is 57.2 cm³/mol. The van der Waals surface area contributed by atoms with Gasteiger partial charge in [-0.3, -0.25) is 4.79 Å². The Morgan fingerprint density at radius 3 is 2.87 bits per heavy atom. The molecule has 1 fully saturated rings. The Morgan fingerprint density at radius 1 is 1.40 bits per heavy atom. The number of rotatable bonds is 2. The number of hydrogen-bond donors (Lipinski definition) is 0. The second-order valence-electron chi connectivity index (χ2n) is 4.03. The predicted octanol–water partition coefficient (Wildman–Crippen LogP) is 2.47. The van der Waals surface area contributed by atoms with Crippen LogP contribution in [0, 0.1) is 17.2 Å². The van der Waals surface area contributed by atoms with E-state index in [1.165, 1.54) is 0 Å². The van der Waals surface area contributed by atoms with Gasteiger partial charge in [0.2, 0.25) is 0 Å². The molecule has 0 spiro atoms. The minimum absolute atomic E-state index is 0.152. The quantitative estimate of drug-likeness (QED) is 0.734. The molecular formula is C13H13NO. The summed E-state index contributed by atoms with van der Waals surface area (Å²) in [7, 11) is 0. The minimum Gasteiger partial charge on any atom is -0.299 e. The molecule has 0 N–H and O–H groups in total. The fourth-order valence-electron chi connectivity index (χ4n) is 2.18. The van der Waals surface area contributed by atoms with E-state index in [4.69, 9.17) is 5.26 Å². The van der Waals surface area contributed by atoms with E-state index in [2.05, 4.69) is 6.07 Å². The van der Waals surface area contributed by atoms with Gasteiger partial charge in [-0.2, -0.15) is 5.26 Å². The zero-order chi connectivity index (χ0) is 10.7. The molecule has 1 atom stereocenters. The molecule has 0 amide bonds. The lowest BCUT2D eigenvalue weighted by Crippen LogP contribution is -2.10. The van der Waals surface area contributed by atoms with Gasteiger partial charge in [0.25, 0.3) is 0 Å². The van der Waals surface area contributed by atoms with Crippen LogP contribution < -0.4 is 0 Å². The first-order chi connectivity index (χ1) is 7.31. The Morgan fingerprint density at radius 2 is 2.20 bits per heavy atom. The molecule has 1 aliphatic carbocycles. The number of carbonyl (C=O) groups excluding carboxylic acids is 1. The van der Waals surface area contributed by atoms with Crippen molar-refractivity contribution >= 4 is 5.78 Å². The van der Waals surface area contributed by atoms with Gasteiger partial charge in [-0.15, -0.1) is 0 Å². The molecule has 0 radical (unpaired) electrons. The smallest absolute Gasteiger partial charge is 0.136 e. The van der Waals surface area contributed by atoms with Crippen LogP contribution in [0.15, 0.2) is 24.3 Å². The van der Waals surface area contributed by atoms with Gasteiger partial charge in [0.15, 0.2) is 0 Å². The number of carbonyl (C=O) groups is 1. The first-order valence-corrected chi connectivity index (χ1v) is 5.32. The maximum absolute atomic E-state index is 11.5. The van der Waals surface area contributed by atoms with Gasteiger partial charge >= 0.3 is 0 Å². The summed E-state index contributed by atoms with van der Waals surface area (Å²) in [5, 5.41) is 8.92. The summed E-state index contributed by atoms with van der Waals surface area (Å²) < 4.78 is 0. The van der Waals surface area contributed by atoms with E-state index in [9.17, 15) is 4.79 Å². The van der Waals surface area contributed by atoms with Gasteiger partial charge < -0.3 is 0 Å². The van der Waals surface area contributed by atoms with Crippen molar-refractivity contribution in [1.82, 2.24) is 0 Å². The van der Waals surface area contributed by atoms with Crippen molar-refractivity contribution in [2.45, 2.75) is 25.7 Å². The molecule has 1 unspecified atom stereocenters. The van der Waals surface area contributed by atoms with E-state index in [-0.39, 0.29) is 5.92 Å². The lowest BCUT2D eigenvalue weighted by atomic mass is 9.94. The molecule has 1 saturated carbocycles. The summed E-state index contributed by atoms with van der Waals surface area (Å²) in [5.74, 6) is 0.516. The molecule has 2 heteroatoms. The van der Waals surface area contributed by atoms with E-state index >= 15 is 0 Å². The molecular weight excluding hydrogens is 186 g/mol. The largest absolute Gasteiger partial charge is 0.299 e. The topological polar surface area (TPSA) is 40.9 Å². The van der Waals surface area contributed by atoms with Crippen molar-refractivity contribution in [2.75, 3.05) is 0 Å². The highest BCUT2D eigenvalue weighted by Gasteiger charge is 2.24. The summed E-state index contributed by atoms with van der Waals surface area (Å²) in [5.41, 5.74) is 1.72. The molecule has 1 aliphatic rings. The highest BCUT2D eigenvalue weighted by Crippen LogP contribution is 2.25. The van der Waals surface area contributed by atoms with Crippen molar-refractivity contribution in [2.24, 2.45) is 5.92 Å². The van der Waals surface area contributed by atoms with E-state index < -0.39 is 0 Å². The van der Waals surface area contributed by atoms with Crippen LogP contribution in [0.3, 0.4) is 0 Å². The second kappa shape index (κ2) is 4.27. The van der Waals surface area contributed by atoms with Gasteiger partial charge in [0.1, 0.15) is 5.78 Å². The SMILES string of the molecule is N#Cc1ccccc1CC1CCCC1=O. The number of ketones is 1. The molecule has 1 aromatic rings. The standard InChI is InChI=1S/C13H13NO/c14-9-12-5-2-1-4-10(12)8-11-6-3-7-13(11)15/h1-2,4-5,11H,3,6-8H2. The molecule has 0 aromatic heterocycles. The Labute approximate surface area is 89.5 Å². The monoisotopic (exact) mass is 199 g/mol. The van der Waals surface area contributed by atoms with Crippen LogP contribution in [-0.2, 0) is 11.2 Å². The maximum atomic E-state index is 11.5. The lowest BCUT2D eigenvalue weighted by Gasteiger charge is -2.08. The minimum atomic E-state index is 0.152. The third-order valence-corrected chi connectivity index (χ3v) is 3.04. The summed E-state index contributed by atoms with van der Waals surface area (Å²) >= 11 is 0. The first-order valence-electron chi connectivity index (χ1n) is 5.32. The fraction of sp³-hybridized carbons (Fsp3) is 0.385. The molecule has 0 heterocycles. The van der Waals surface area contributed by atoms with Gasteiger partial charge in [-0.1, -0.05) is 18.2 Å². The molecule has 15 heavy (non-hydrogen) atoms. The molecule has 0 aliphatic heterocycles. The Hall–Kier alpha value is -1.62. The molecule has 1 aromatic carbocycles. The van der Waals surface area contributed by atoms with Crippen LogP contribution in [0.1, 0.15) is 30.4 Å². The fourth-order valence-corrected chi connectivity index (χ4v) is 2.18. The zero-order valence-electron chi connectivity index (χ0n) is 8.57. The van der Waals surface area contributed by atoms with Gasteiger partial charge in [-0.25, -0.2) is 0 Å². The highest BCUT2D eigenvalue weighted by atomic mass is 16.1. The average molecular weight is 199 g/mol. The Kier molecular flexibility index (Phi) is 2.82. The average Bonchev–Trinajstić information content (AvgIpc) is 2.65. The van der Waals surface area contributed by atoms with Crippen molar-refractivity contribution in [3.63, 3.8) is 0 Å². The summed E-state index contributed by atoms with van der Waals surface area (Å²) in [4.78, 5) is 11.5. The summed E-state index contributed by atoms with van der Waals surface area (Å²) in [6, 6.07) is 9.72. The van der Waals surface area contributed by atoms with Crippen molar-refractivity contribution in [3.8, 4) is 6.07 Å². The van der Waals surface area contributed by atoms with Crippen LogP contribution in [0.2, 0.25) is 0 Å². The molecule has 2 nitrogen and oxygen atoms in total.